The number of hydrogen-bond donors (Lipinski definition) is 1. The molecule has 2 fully saturated rings. The highest BCUT2D eigenvalue weighted by Gasteiger charge is 2.34. The van der Waals surface area contributed by atoms with Gasteiger partial charge in [-0.1, -0.05) is 19.8 Å². The molecule has 1 saturated carbocycles. The van der Waals surface area contributed by atoms with Crippen LogP contribution < -0.4 is 15.4 Å². The van der Waals surface area contributed by atoms with E-state index in [1.807, 2.05) is 6.07 Å². The van der Waals surface area contributed by atoms with E-state index in [2.05, 4.69) is 17.9 Å². The number of nitrogen functional groups attached to an aromatic ring is 1. The number of hydrogen-bond acceptors (Lipinski definition) is 4. The summed E-state index contributed by atoms with van der Waals surface area (Å²) in [7, 11) is 0. The fraction of sp³-hybridized carbons (Fsp3) is 0.706. The first-order valence-electron chi connectivity index (χ1n) is 8.45. The van der Waals surface area contributed by atoms with Crippen LogP contribution in [0.2, 0.25) is 0 Å². The maximum absolute atomic E-state index is 5.99. The van der Waals surface area contributed by atoms with Crippen molar-refractivity contribution >= 4 is 11.5 Å². The molecule has 0 radical (unpaired) electrons. The molecule has 4 nitrogen and oxygen atoms in total. The quantitative estimate of drug-likeness (QED) is 0.920. The zero-order valence-corrected chi connectivity index (χ0v) is 13.1. The summed E-state index contributed by atoms with van der Waals surface area (Å²) in [6, 6.07) is 4.67. The summed E-state index contributed by atoms with van der Waals surface area (Å²) in [5.41, 5.74) is 6.63. The maximum atomic E-state index is 5.99. The summed E-state index contributed by atoms with van der Waals surface area (Å²) in [6.45, 7) is 3.88. The second-order valence-corrected chi connectivity index (χ2v) is 6.36. The number of ether oxygens (including phenoxy) is 1. The minimum absolute atomic E-state index is 0.604. The molecule has 2 unspecified atom stereocenters. The molecule has 0 amide bonds. The number of aromatic nitrogens is 1. The van der Waals surface area contributed by atoms with E-state index >= 15 is 0 Å². The smallest absolute Gasteiger partial charge is 0.239 e. The highest BCUT2D eigenvalue weighted by Crippen LogP contribution is 2.38. The fourth-order valence-corrected chi connectivity index (χ4v) is 3.82. The molecule has 2 aliphatic rings. The molecule has 2 heterocycles. The van der Waals surface area contributed by atoms with Crippen LogP contribution in [0, 0.1) is 5.92 Å². The molecule has 0 spiro atoms. The first-order chi connectivity index (χ1) is 10.3. The molecule has 1 aromatic heterocycles. The second kappa shape index (κ2) is 6.54. The Bertz CT molecular complexity index is 475. The SMILES string of the molecule is CCCOc1nc(N2CCCC3CCCCC32)ccc1N. The zero-order valence-electron chi connectivity index (χ0n) is 13.1. The van der Waals surface area contributed by atoms with Gasteiger partial charge in [0.1, 0.15) is 5.82 Å². The standard InChI is InChI=1S/C17H27N3O/c1-2-12-21-17-14(18)9-10-16(19-17)20-11-5-7-13-6-3-4-8-15(13)20/h9-10,13,15H,2-8,11-12,18H2,1H3. The lowest BCUT2D eigenvalue weighted by Crippen LogP contribution is -2.47. The largest absolute Gasteiger partial charge is 0.476 e. The van der Waals surface area contributed by atoms with Crippen LogP contribution in [0.3, 0.4) is 0 Å². The summed E-state index contributed by atoms with van der Waals surface area (Å²) in [4.78, 5) is 7.21. The van der Waals surface area contributed by atoms with Gasteiger partial charge in [-0.2, -0.15) is 4.98 Å². The van der Waals surface area contributed by atoms with Gasteiger partial charge >= 0.3 is 0 Å². The van der Waals surface area contributed by atoms with Crippen LogP contribution in [0.1, 0.15) is 51.9 Å². The Kier molecular flexibility index (Phi) is 4.51. The van der Waals surface area contributed by atoms with E-state index in [4.69, 9.17) is 15.5 Å². The number of rotatable bonds is 4. The lowest BCUT2D eigenvalue weighted by Gasteiger charge is -2.44. The van der Waals surface area contributed by atoms with Crippen LogP contribution in [-0.2, 0) is 0 Å². The van der Waals surface area contributed by atoms with Gasteiger partial charge in [0.25, 0.3) is 0 Å². The van der Waals surface area contributed by atoms with Crippen LogP contribution in [-0.4, -0.2) is 24.2 Å². The molecule has 2 atom stereocenters. The average molecular weight is 289 g/mol. The summed E-state index contributed by atoms with van der Waals surface area (Å²) in [5.74, 6) is 2.51. The van der Waals surface area contributed by atoms with E-state index < -0.39 is 0 Å². The van der Waals surface area contributed by atoms with Crippen molar-refractivity contribution < 1.29 is 4.74 Å². The van der Waals surface area contributed by atoms with Crippen LogP contribution in [0.4, 0.5) is 11.5 Å². The van der Waals surface area contributed by atoms with E-state index in [9.17, 15) is 0 Å². The highest BCUT2D eigenvalue weighted by atomic mass is 16.5. The molecule has 2 N–H and O–H groups in total. The average Bonchev–Trinajstić information content (AvgIpc) is 2.54. The lowest BCUT2D eigenvalue weighted by atomic mass is 9.78. The predicted octanol–water partition coefficient (Wildman–Crippen LogP) is 3.61. The molecule has 21 heavy (non-hydrogen) atoms. The van der Waals surface area contributed by atoms with Gasteiger partial charge in [0.05, 0.1) is 12.3 Å². The number of anilines is 2. The number of fused-ring (bicyclic) bond motifs is 1. The fourth-order valence-electron chi connectivity index (χ4n) is 3.82. The Balaban J connectivity index is 1.81. The van der Waals surface area contributed by atoms with Gasteiger partial charge in [-0.15, -0.1) is 0 Å². The first kappa shape index (κ1) is 14.5. The van der Waals surface area contributed by atoms with Crippen molar-refractivity contribution in [2.45, 2.75) is 57.9 Å². The van der Waals surface area contributed by atoms with Crippen molar-refractivity contribution in [3.8, 4) is 5.88 Å². The van der Waals surface area contributed by atoms with E-state index in [1.54, 1.807) is 0 Å². The molecule has 4 heteroatoms. The topological polar surface area (TPSA) is 51.4 Å². The van der Waals surface area contributed by atoms with Gasteiger partial charge in [0.2, 0.25) is 5.88 Å². The molecule has 1 aliphatic carbocycles. The Morgan fingerprint density at radius 2 is 2.05 bits per heavy atom. The molecule has 1 aromatic rings. The number of piperidine rings is 1. The van der Waals surface area contributed by atoms with Gasteiger partial charge in [-0.05, 0) is 50.2 Å². The Labute approximate surface area is 127 Å². The molecule has 0 bridgehead atoms. The molecular formula is C17H27N3O. The summed E-state index contributed by atoms with van der Waals surface area (Å²) >= 11 is 0. The van der Waals surface area contributed by atoms with Crippen molar-refractivity contribution in [3.05, 3.63) is 12.1 Å². The van der Waals surface area contributed by atoms with E-state index in [0.717, 1.165) is 24.7 Å². The Hall–Kier alpha value is -1.45. The first-order valence-corrected chi connectivity index (χ1v) is 8.45. The van der Waals surface area contributed by atoms with Crippen LogP contribution in [0.25, 0.3) is 0 Å². The van der Waals surface area contributed by atoms with Gasteiger partial charge < -0.3 is 15.4 Å². The third kappa shape index (κ3) is 3.09. The Morgan fingerprint density at radius 3 is 2.90 bits per heavy atom. The monoisotopic (exact) mass is 289 g/mol. The van der Waals surface area contributed by atoms with Crippen molar-refractivity contribution in [1.82, 2.24) is 4.98 Å². The highest BCUT2D eigenvalue weighted by molar-refractivity contribution is 5.55. The van der Waals surface area contributed by atoms with Crippen molar-refractivity contribution in [3.63, 3.8) is 0 Å². The van der Waals surface area contributed by atoms with Crippen molar-refractivity contribution in [2.75, 3.05) is 23.8 Å². The lowest BCUT2D eigenvalue weighted by molar-refractivity contribution is 0.242. The molecular weight excluding hydrogens is 262 g/mol. The summed E-state index contributed by atoms with van der Waals surface area (Å²) in [5, 5.41) is 0. The summed E-state index contributed by atoms with van der Waals surface area (Å²) in [6.07, 6.45) is 9.07. The van der Waals surface area contributed by atoms with Crippen LogP contribution in [0.15, 0.2) is 12.1 Å². The van der Waals surface area contributed by atoms with Gasteiger partial charge in [-0.3, -0.25) is 0 Å². The second-order valence-electron chi connectivity index (χ2n) is 6.36. The van der Waals surface area contributed by atoms with Crippen molar-refractivity contribution in [1.29, 1.82) is 0 Å². The molecule has 3 rings (SSSR count). The predicted molar refractivity (Wildman–Crippen MR) is 86.8 cm³/mol. The van der Waals surface area contributed by atoms with E-state index in [1.165, 1.54) is 38.5 Å². The summed E-state index contributed by atoms with van der Waals surface area (Å²) < 4.78 is 5.69. The van der Waals surface area contributed by atoms with E-state index in [0.29, 0.717) is 24.2 Å². The zero-order chi connectivity index (χ0) is 14.7. The number of pyridine rings is 1. The third-order valence-electron chi connectivity index (χ3n) is 4.86. The molecule has 0 aromatic carbocycles. The maximum Gasteiger partial charge on any atom is 0.239 e. The molecule has 1 aliphatic heterocycles. The number of nitrogens with two attached hydrogens (primary N) is 1. The van der Waals surface area contributed by atoms with Gasteiger partial charge in [-0.25, -0.2) is 0 Å². The van der Waals surface area contributed by atoms with Gasteiger partial charge in [0.15, 0.2) is 0 Å². The minimum Gasteiger partial charge on any atom is -0.476 e. The Morgan fingerprint density at radius 1 is 1.24 bits per heavy atom. The normalized spacial score (nSPS) is 25.5. The minimum atomic E-state index is 0.604. The number of nitrogens with zero attached hydrogens (tertiary/aromatic N) is 2. The van der Waals surface area contributed by atoms with Crippen molar-refractivity contribution in [2.24, 2.45) is 5.92 Å². The van der Waals surface area contributed by atoms with E-state index in [-0.39, 0.29) is 0 Å². The molecule has 1 saturated heterocycles. The third-order valence-corrected chi connectivity index (χ3v) is 4.86. The molecule has 116 valence electrons. The van der Waals surface area contributed by atoms with Crippen LogP contribution >= 0.6 is 0 Å². The van der Waals surface area contributed by atoms with Gasteiger partial charge in [0, 0.05) is 12.6 Å². The van der Waals surface area contributed by atoms with Crippen LogP contribution in [0.5, 0.6) is 5.88 Å².